The first-order chi connectivity index (χ1) is 20.4. The van der Waals surface area contributed by atoms with Gasteiger partial charge >= 0.3 is 0 Å². The third-order valence-corrected chi connectivity index (χ3v) is 9.11. The molecule has 2 fully saturated rings. The predicted molar refractivity (Wildman–Crippen MR) is 164 cm³/mol. The highest BCUT2D eigenvalue weighted by atomic mass is 16.2. The van der Waals surface area contributed by atoms with Crippen molar-refractivity contribution in [1.82, 2.24) is 14.9 Å². The van der Waals surface area contributed by atoms with Gasteiger partial charge < -0.3 is 25.1 Å². The molecule has 0 saturated carbocycles. The molecule has 3 N–H and O–H groups in total. The van der Waals surface area contributed by atoms with Crippen LogP contribution in [0.1, 0.15) is 37.3 Å². The summed E-state index contributed by atoms with van der Waals surface area (Å²) in [5, 5.41) is 5.17. The first kappa shape index (κ1) is 26.1. The van der Waals surface area contributed by atoms with Crippen molar-refractivity contribution in [2.75, 3.05) is 29.9 Å². The normalized spacial score (nSPS) is 18.6. The Hall–Kier alpha value is -4.85. The molecule has 0 radical (unpaired) electrons. The number of para-hydroxylation sites is 2. The summed E-state index contributed by atoms with van der Waals surface area (Å²) in [6, 6.07) is 24.0. The molecule has 2 saturated heterocycles. The Bertz CT molecular complexity index is 1730. The molecule has 5 aromatic rings. The second kappa shape index (κ2) is 10.2. The zero-order chi connectivity index (χ0) is 28.8. The fourth-order valence-electron chi connectivity index (χ4n) is 7.04. The van der Waals surface area contributed by atoms with Gasteiger partial charge in [-0.15, -0.1) is 0 Å². The Kier molecular flexibility index (Phi) is 6.34. The molecule has 42 heavy (non-hydrogen) atoms. The van der Waals surface area contributed by atoms with Crippen molar-refractivity contribution in [3.8, 4) is 0 Å². The molecule has 212 valence electrons. The number of amides is 3. The average Bonchev–Trinajstić information content (AvgIpc) is 3.74. The number of aromatic amines is 2. The van der Waals surface area contributed by atoms with E-state index in [0.29, 0.717) is 25.3 Å². The van der Waals surface area contributed by atoms with E-state index in [9.17, 15) is 14.4 Å². The number of nitrogens with zero attached hydrogens (tertiary/aromatic N) is 2. The van der Waals surface area contributed by atoms with Gasteiger partial charge in [-0.3, -0.25) is 14.4 Å². The summed E-state index contributed by atoms with van der Waals surface area (Å²) in [5.41, 5.74) is 5.90. The molecule has 2 aliphatic heterocycles. The van der Waals surface area contributed by atoms with E-state index in [2.05, 4.69) is 64.1 Å². The highest BCUT2D eigenvalue weighted by Gasteiger charge is 2.44. The van der Waals surface area contributed by atoms with E-state index in [-0.39, 0.29) is 35.5 Å². The van der Waals surface area contributed by atoms with E-state index in [1.807, 2.05) is 29.2 Å². The van der Waals surface area contributed by atoms with E-state index in [0.717, 1.165) is 29.6 Å². The van der Waals surface area contributed by atoms with Crippen molar-refractivity contribution in [2.24, 2.45) is 5.92 Å². The molecule has 0 bridgehead atoms. The lowest BCUT2D eigenvalue weighted by Crippen LogP contribution is -2.47. The van der Waals surface area contributed by atoms with Crippen LogP contribution >= 0.6 is 0 Å². The van der Waals surface area contributed by atoms with Gasteiger partial charge in [-0.25, -0.2) is 0 Å². The van der Waals surface area contributed by atoms with Crippen molar-refractivity contribution in [3.63, 3.8) is 0 Å². The monoisotopic (exact) mass is 559 g/mol. The molecule has 8 nitrogen and oxygen atoms in total. The van der Waals surface area contributed by atoms with Crippen LogP contribution in [0.15, 0.2) is 85.2 Å². The maximum absolute atomic E-state index is 13.8. The minimum absolute atomic E-state index is 0.0483. The number of carbonyl (C=O) groups excluding carboxylic acids is 3. The Labute approximate surface area is 243 Å². The van der Waals surface area contributed by atoms with Crippen molar-refractivity contribution in [1.29, 1.82) is 0 Å². The molecule has 7 rings (SSSR count). The number of likely N-dealkylation sites (tertiary alicyclic amines) is 1. The van der Waals surface area contributed by atoms with Crippen molar-refractivity contribution >= 4 is 50.9 Å². The number of benzene rings is 3. The number of rotatable bonds is 5. The fourth-order valence-corrected chi connectivity index (χ4v) is 7.04. The standard InChI is InChI=1S/C34H33N5O3/c1-22(40)37-24-10-12-25(13-11-24)39-21-23(18-32(39)41)33(42)38-16-14-34(15-17-38,28-19-35-30-8-4-2-6-26(28)30)29-20-36-31-9-5-3-7-27(29)31/h2-13,19-20,23,35-36H,14-18,21H2,1H3,(H,37,40)/t23-/m0/s1. The van der Waals surface area contributed by atoms with Gasteiger partial charge in [-0.1, -0.05) is 36.4 Å². The minimum atomic E-state index is -0.374. The summed E-state index contributed by atoms with van der Waals surface area (Å²) in [7, 11) is 0. The van der Waals surface area contributed by atoms with Crippen LogP contribution in [0.5, 0.6) is 0 Å². The summed E-state index contributed by atoms with van der Waals surface area (Å²) in [6.45, 7) is 3.06. The number of hydrogen-bond acceptors (Lipinski definition) is 3. The van der Waals surface area contributed by atoms with E-state index < -0.39 is 0 Å². The highest BCUT2D eigenvalue weighted by molar-refractivity contribution is 6.00. The Morgan fingerprint density at radius 2 is 1.40 bits per heavy atom. The molecule has 2 aromatic heterocycles. The van der Waals surface area contributed by atoms with Gasteiger partial charge in [-0.2, -0.15) is 0 Å². The number of anilines is 2. The third kappa shape index (κ3) is 4.34. The maximum atomic E-state index is 13.8. The SMILES string of the molecule is CC(=O)Nc1ccc(N2C[C@@H](C(=O)N3CCC(c4c[nH]c5ccccc45)(c4c[nH]c5ccccc45)CC3)CC2=O)cc1. The molecule has 0 unspecified atom stereocenters. The van der Waals surface area contributed by atoms with Crippen LogP contribution in [-0.2, 0) is 19.8 Å². The molecular formula is C34H33N5O3. The van der Waals surface area contributed by atoms with Gasteiger partial charge in [0.15, 0.2) is 0 Å². The van der Waals surface area contributed by atoms with Crippen LogP contribution in [0.4, 0.5) is 11.4 Å². The second-order valence-electron chi connectivity index (χ2n) is 11.5. The molecule has 3 aromatic carbocycles. The topological polar surface area (TPSA) is 101 Å². The number of piperidine rings is 1. The zero-order valence-corrected chi connectivity index (χ0v) is 23.5. The van der Waals surface area contributed by atoms with E-state index >= 15 is 0 Å². The summed E-state index contributed by atoms with van der Waals surface area (Å²) in [6.07, 6.45) is 6.08. The molecule has 4 heterocycles. The number of H-pyrrole nitrogens is 2. The predicted octanol–water partition coefficient (Wildman–Crippen LogP) is 5.57. The molecular weight excluding hydrogens is 526 g/mol. The van der Waals surface area contributed by atoms with E-state index in [1.165, 1.54) is 28.8 Å². The smallest absolute Gasteiger partial charge is 0.228 e. The number of aromatic nitrogens is 2. The van der Waals surface area contributed by atoms with Crippen LogP contribution in [0, 0.1) is 5.92 Å². The van der Waals surface area contributed by atoms with Gasteiger partial charge in [0.25, 0.3) is 0 Å². The number of fused-ring (bicyclic) bond motifs is 2. The molecule has 8 heteroatoms. The van der Waals surface area contributed by atoms with E-state index in [1.54, 1.807) is 17.0 Å². The molecule has 0 aliphatic carbocycles. The maximum Gasteiger partial charge on any atom is 0.228 e. The van der Waals surface area contributed by atoms with Gasteiger partial charge in [0.2, 0.25) is 17.7 Å². The van der Waals surface area contributed by atoms with Crippen LogP contribution in [-0.4, -0.2) is 52.2 Å². The van der Waals surface area contributed by atoms with Crippen LogP contribution in [0.2, 0.25) is 0 Å². The summed E-state index contributed by atoms with van der Waals surface area (Å²) in [4.78, 5) is 48.7. The molecule has 0 spiro atoms. The first-order valence-corrected chi connectivity index (χ1v) is 14.5. The number of carbonyl (C=O) groups is 3. The van der Waals surface area contributed by atoms with Gasteiger partial charge in [-0.05, 0) is 60.4 Å². The molecule has 3 amide bonds. The molecule has 1 atom stereocenters. The van der Waals surface area contributed by atoms with Crippen molar-refractivity contribution in [2.45, 2.75) is 31.6 Å². The molecule has 2 aliphatic rings. The quantitative estimate of drug-likeness (QED) is 0.262. The van der Waals surface area contributed by atoms with Gasteiger partial charge in [0.1, 0.15) is 0 Å². The van der Waals surface area contributed by atoms with Crippen LogP contribution in [0.25, 0.3) is 21.8 Å². The fraction of sp³-hybridized carbons (Fsp3) is 0.265. The minimum Gasteiger partial charge on any atom is -0.361 e. The third-order valence-electron chi connectivity index (χ3n) is 9.11. The summed E-state index contributed by atoms with van der Waals surface area (Å²) in [5.74, 6) is -0.525. The lowest BCUT2D eigenvalue weighted by atomic mass is 9.67. The largest absolute Gasteiger partial charge is 0.361 e. The summed E-state index contributed by atoms with van der Waals surface area (Å²) < 4.78 is 0. The second-order valence-corrected chi connectivity index (χ2v) is 11.5. The number of nitrogens with one attached hydrogen (secondary N) is 3. The summed E-state index contributed by atoms with van der Waals surface area (Å²) >= 11 is 0. The Morgan fingerprint density at radius 1 is 0.833 bits per heavy atom. The zero-order valence-electron chi connectivity index (χ0n) is 23.5. The Balaban J connectivity index is 1.13. The number of hydrogen-bond donors (Lipinski definition) is 3. The van der Waals surface area contributed by atoms with Gasteiger partial charge in [0, 0.05) is 84.0 Å². The lowest BCUT2D eigenvalue weighted by Gasteiger charge is -2.43. The lowest BCUT2D eigenvalue weighted by molar-refractivity contribution is -0.137. The van der Waals surface area contributed by atoms with Crippen molar-refractivity contribution < 1.29 is 14.4 Å². The van der Waals surface area contributed by atoms with Crippen LogP contribution in [0.3, 0.4) is 0 Å². The highest BCUT2D eigenvalue weighted by Crippen LogP contribution is 2.47. The van der Waals surface area contributed by atoms with Gasteiger partial charge in [0.05, 0.1) is 5.92 Å². The average molecular weight is 560 g/mol. The first-order valence-electron chi connectivity index (χ1n) is 14.5. The Morgan fingerprint density at radius 3 is 1.98 bits per heavy atom. The van der Waals surface area contributed by atoms with Crippen molar-refractivity contribution in [3.05, 3.63) is 96.3 Å². The van der Waals surface area contributed by atoms with Crippen LogP contribution < -0.4 is 10.2 Å². The van der Waals surface area contributed by atoms with E-state index in [4.69, 9.17) is 0 Å².